The van der Waals surface area contributed by atoms with Crippen molar-refractivity contribution in [2.24, 2.45) is 5.92 Å². The summed E-state index contributed by atoms with van der Waals surface area (Å²) in [5.41, 5.74) is 3.81. The van der Waals surface area contributed by atoms with Crippen LogP contribution in [0.1, 0.15) is 49.1 Å². The van der Waals surface area contributed by atoms with Crippen LogP contribution >= 0.6 is 11.3 Å². The van der Waals surface area contributed by atoms with E-state index in [4.69, 9.17) is 4.98 Å². The minimum absolute atomic E-state index is 0.0913. The highest BCUT2D eigenvalue weighted by atomic mass is 32.1. The van der Waals surface area contributed by atoms with E-state index in [1.165, 1.54) is 41.8 Å². The number of hydrogen-bond acceptors (Lipinski definition) is 4. The zero-order valence-corrected chi connectivity index (χ0v) is 15.9. The van der Waals surface area contributed by atoms with Crippen LogP contribution in [0.5, 0.6) is 0 Å². The van der Waals surface area contributed by atoms with Crippen LogP contribution < -0.4 is 5.32 Å². The minimum atomic E-state index is 0.0913. The number of amides is 1. The smallest absolute Gasteiger partial charge is 0.223 e. The summed E-state index contributed by atoms with van der Waals surface area (Å²) in [7, 11) is 0. The van der Waals surface area contributed by atoms with E-state index in [1.54, 1.807) is 23.7 Å². The first-order valence-electron chi connectivity index (χ1n) is 9.64. The standard InChI is InChI=1S/C21H25N3OS/c25-20(23-13-8-15-4-2-1-3-5-15)17-6-7-18-19(14-17)26-21(24-18)16-9-11-22-12-10-16/h4,9-12,17H,1-3,5-8,13-14H2,(H,23,25). The van der Waals surface area contributed by atoms with Gasteiger partial charge in [0.05, 0.1) is 5.69 Å². The van der Waals surface area contributed by atoms with Crippen LogP contribution in [-0.2, 0) is 17.6 Å². The summed E-state index contributed by atoms with van der Waals surface area (Å²) in [4.78, 5) is 22.7. The number of hydrogen-bond donors (Lipinski definition) is 1. The van der Waals surface area contributed by atoms with Crippen molar-refractivity contribution in [3.63, 3.8) is 0 Å². The molecule has 0 aromatic carbocycles. The quantitative estimate of drug-likeness (QED) is 0.801. The number of carbonyl (C=O) groups excluding carboxylic acids is 1. The predicted octanol–water partition coefficient (Wildman–Crippen LogP) is 4.32. The predicted molar refractivity (Wildman–Crippen MR) is 105 cm³/mol. The van der Waals surface area contributed by atoms with Crippen molar-refractivity contribution < 1.29 is 4.79 Å². The molecule has 4 rings (SSSR count). The average molecular weight is 368 g/mol. The second kappa shape index (κ2) is 8.12. The molecule has 0 aliphatic heterocycles. The van der Waals surface area contributed by atoms with Crippen LogP contribution in [0.4, 0.5) is 0 Å². The lowest BCUT2D eigenvalue weighted by molar-refractivity contribution is -0.125. The third kappa shape index (κ3) is 4.04. The Hall–Kier alpha value is -2.01. The van der Waals surface area contributed by atoms with E-state index in [-0.39, 0.29) is 11.8 Å². The highest BCUT2D eigenvalue weighted by molar-refractivity contribution is 7.15. The fourth-order valence-electron chi connectivity index (χ4n) is 3.84. The van der Waals surface area contributed by atoms with Crippen LogP contribution in [0, 0.1) is 5.92 Å². The Labute approximate surface area is 158 Å². The zero-order chi connectivity index (χ0) is 17.8. The maximum absolute atomic E-state index is 12.6. The maximum Gasteiger partial charge on any atom is 0.223 e. The number of aromatic nitrogens is 2. The lowest BCUT2D eigenvalue weighted by Gasteiger charge is -2.21. The van der Waals surface area contributed by atoms with E-state index in [0.29, 0.717) is 0 Å². The molecule has 5 heteroatoms. The van der Waals surface area contributed by atoms with E-state index in [0.717, 1.165) is 42.8 Å². The van der Waals surface area contributed by atoms with Crippen LogP contribution in [-0.4, -0.2) is 22.4 Å². The molecule has 2 aromatic heterocycles. The first-order chi connectivity index (χ1) is 12.8. The Balaban J connectivity index is 1.33. The van der Waals surface area contributed by atoms with E-state index in [2.05, 4.69) is 16.4 Å². The lowest BCUT2D eigenvalue weighted by atomic mass is 9.90. The number of fused-ring (bicyclic) bond motifs is 1. The fourth-order valence-corrected chi connectivity index (χ4v) is 5.03. The molecule has 0 saturated heterocycles. The van der Waals surface area contributed by atoms with Crippen molar-refractivity contribution in [2.75, 3.05) is 6.54 Å². The molecule has 2 aliphatic carbocycles. The number of pyridine rings is 1. The summed E-state index contributed by atoms with van der Waals surface area (Å²) in [5.74, 6) is 0.305. The van der Waals surface area contributed by atoms with Gasteiger partial charge >= 0.3 is 0 Å². The summed E-state index contributed by atoms with van der Waals surface area (Å²) in [6.45, 7) is 0.777. The molecule has 1 amide bonds. The van der Waals surface area contributed by atoms with Gasteiger partial charge in [-0.25, -0.2) is 4.98 Å². The third-order valence-electron chi connectivity index (χ3n) is 5.37. The van der Waals surface area contributed by atoms with Crippen molar-refractivity contribution in [1.82, 2.24) is 15.3 Å². The molecule has 1 unspecified atom stereocenters. The molecular formula is C21H25N3OS. The molecular weight excluding hydrogens is 342 g/mol. The van der Waals surface area contributed by atoms with Crippen molar-refractivity contribution in [3.8, 4) is 10.6 Å². The molecule has 0 saturated carbocycles. The van der Waals surface area contributed by atoms with Crippen molar-refractivity contribution in [1.29, 1.82) is 0 Å². The molecule has 4 nitrogen and oxygen atoms in total. The molecule has 136 valence electrons. The normalized spacial score (nSPS) is 19.5. The van der Waals surface area contributed by atoms with Crippen molar-refractivity contribution >= 4 is 17.2 Å². The Kier molecular flexibility index (Phi) is 5.44. The third-order valence-corrected chi connectivity index (χ3v) is 6.54. The summed E-state index contributed by atoms with van der Waals surface area (Å²) < 4.78 is 0. The van der Waals surface area contributed by atoms with E-state index in [1.807, 2.05) is 12.1 Å². The van der Waals surface area contributed by atoms with E-state index >= 15 is 0 Å². The topological polar surface area (TPSA) is 54.9 Å². The highest BCUT2D eigenvalue weighted by Gasteiger charge is 2.27. The Bertz CT molecular complexity index is 797. The van der Waals surface area contributed by atoms with Gasteiger partial charge in [-0.05, 0) is 63.5 Å². The van der Waals surface area contributed by atoms with Gasteiger partial charge in [0.15, 0.2) is 0 Å². The summed E-state index contributed by atoms with van der Waals surface area (Å²) >= 11 is 1.73. The van der Waals surface area contributed by atoms with Crippen LogP contribution in [0.3, 0.4) is 0 Å². The molecule has 1 atom stereocenters. The number of nitrogens with zero attached hydrogens (tertiary/aromatic N) is 2. The Morgan fingerprint density at radius 1 is 1.23 bits per heavy atom. The maximum atomic E-state index is 12.6. The first-order valence-corrected chi connectivity index (χ1v) is 10.5. The second-order valence-electron chi connectivity index (χ2n) is 7.21. The molecule has 1 N–H and O–H groups in total. The molecule has 0 bridgehead atoms. The van der Waals surface area contributed by atoms with Crippen LogP contribution in [0.2, 0.25) is 0 Å². The number of carbonyl (C=O) groups is 1. The van der Waals surface area contributed by atoms with Gasteiger partial charge < -0.3 is 5.32 Å². The number of nitrogens with one attached hydrogen (secondary N) is 1. The van der Waals surface area contributed by atoms with Gasteiger partial charge in [0, 0.05) is 35.3 Å². The van der Waals surface area contributed by atoms with Gasteiger partial charge in [0.2, 0.25) is 5.91 Å². The highest BCUT2D eigenvalue weighted by Crippen LogP contribution is 2.34. The van der Waals surface area contributed by atoms with Crippen molar-refractivity contribution in [2.45, 2.75) is 51.4 Å². The number of thiazole rings is 1. The zero-order valence-electron chi connectivity index (χ0n) is 15.0. The first kappa shape index (κ1) is 17.4. The van der Waals surface area contributed by atoms with Crippen LogP contribution in [0.25, 0.3) is 10.6 Å². The molecule has 0 spiro atoms. The van der Waals surface area contributed by atoms with Gasteiger partial charge in [0.25, 0.3) is 0 Å². The molecule has 0 radical (unpaired) electrons. The van der Waals surface area contributed by atoms with Crippen molar-refractivity contribution in [3.05, 3.63) is 46.7 Å². The number of rotatable bonds is 5. The molecule has 2 aromatic rings. The monoisotopic (exact) mass is 367 g/mol. The average Bonchev–Trinajstić information content (AvgIpc) is 3.13. The molecule has 26 heavy (non-hydrogen) atoms. The lowest BCUT2D eigenvalue weighted by Crippen LogP contribution is -2.34. The summed E-state index contributed by atoms with van der Waals surface area (Å²) in [6, 6.07) is 3.99. The fraction of sp³-hybridized carbons (Fsp3) is 0.476. The van der Waals surface area contributed by atoms with Gasteiger partial charge in [-0.15, -0.1) is 11.3 Å². The molecule has 2 aliphatic rings. The van der Waals surface area contributed by atoms with Gasteiger partial charge in [-0.3, -0.25) is 9.78 Å². The summed E-state index contributed by atoms with van der Waals surface area (Å²) in [6.07, 6.45) is 14.6. The molecule has 0 fully saturated rings. The SMILES string of the molecule is O=C(NCCC1=CCCCC1)C1CCc2nc(-c3ccncc3)sc2C1. The summed E-state index contributed by atoms with van der Waals surface area (Å²) in [5, 5.41) is 4.21. The largest absolute Gasteiger partial charge is 0.356 e. The Morgan fingerprint density at radius 2 is 2.12 bits per heavy atom. The minimum Gasteiger partial charge on any atom is -0.356 e. The molecule has 2 heterocycles. The van der Waals surface area contributed by atoms with Gasteiger partial charge in [-0.1, -0.05) is 11.6 Å². The van der Waals surface area contributed by atoms with Gasteiger partial charge in [-0.2, -0.15) is 0 Å². The van der Waals surface area contributed by atoms with E-state index < -0.39 is 0 Å². The van der Waals surface area contributed by atoms with Gasteiger partial charge in [0.1, 0.15) is 5.01 Å². The number of aryl methyl sites for hydroxylation is 1. The van der Waals surface area contributed by atoms with Crippen LogP contribution in [0.15, 0.2) is 36.2 Å². The van der Waals surface area contributed by atoms with E-state index in [9.17, 15) is 4.79 Å². The second-order valence-corrected chi connectivity index (χ2v) is 8.30. The Morgan fingerprint density at radius 3 is 2.92 bits per heavy atom. The number of allylic oxidation sites excluding steroid dienone is 1.